The van der Waals surface area contributed by atoms with E-state index in [1.54, 1.807) is 36.8 Å². The number of hydrogen-bond donors (Lipinski definition) is 1. The van der Waals surface area contributed by atoms with Crippen molar-refractivity contribution in [3.05, 3.63) is 90.2 Å². The molecule has 9 heteroatoms. The van der Waals surface area contributed by atoms with E-state index in [1.165, 1.54) is 25.6 Å². The molecule has 1 aliphatic heterocycles. The van der Waals surface area contributed by atoms with Gasteiger partial charge in [-0.15, -0.1) is 0 Å². The fourth-order valence-electron chi connectivity index (χ4n) is 4.65. The Morgan fingerprint density at radius 3 is 2.61 bits per heavy atom. The van der Waals surface area contributed by atoms with Crippen molar-refractivity contribution in [2.24, 2.45) is 4.99 Å². The maximum absolute atomic E-state index is 13.9. The monoisotopic (exact) mass is 503 g/mol. The molecule has 0 aliphatic carbocycles. The summed E-state index contributed by atoms with van der Waals surface area (Å²) >= 11 is 1.28. The fourth-order valence-corrected chi connectivity index (χ4v) is 5.68. The molecule has 0 bridgehead atoms. The van der Waals surface area contributed by atoms with Gasteiger partial charge in [0.15, 0.2) is 4.80 Å². The predicted octanol–water partition coefficient (Wildman–Crippen LogP) is 3.22. The highest BCUT2D eigenvalue weighted by Gasteiger charge is 2.35. The number of carbonyl (C=O) groups is 1. The molecule has 0 radical (unpaired) electrons. The van der Waals surface area contributed by atoms with Crippen LogP contribution in [0.25, 0.3) is 17.0 Å². The first kappa shape index (κ1) is 23.6. The Morgan fingerprint density at radius 2 is 1.89 bits per heavy atom. The molecule has 8 nitrogen and oxygen atoms in total. The van der Waals surface area contributed by atoms with Crippen LogP contribution in [-0.2, 0) is 9.53 Å². The highest BCUT2D eigenvalue weighted by atomic mass is 32.1. The largest absolute Gasteiger partial charge is 0.497 e. The van der Waals surface area contributed by atoms with E-state index in [-0.39, 0.29) is 11.1 Å². The van der Waals surface area contributed by atoms with Gasteiger partial charge in [-0.1, -0.05) is 29.5 Å². The minimum atomic E-state index is -0.777. The molecule has 5 rings (SSSR count). The van der Waals surface area contributed by atoms with Crippen molar-refractivity contribution in [3.8, 4) is 11.5 Å². The van der Waals surface area contributed by atoms with Gasteiger partial charge in [0.25, 0.3) is 5.56 Å². The average molecular weight is 504 g/mol. The van der Waals surface area contributed by atoms with Crippen LogP contribution in [0.5, 0.6) is 11.5 Å². The number of nitrogens with zero attached hydrogens (tertiary/aromatic N) is 2. The number of allylic oxidation sites excluding steroid dienone is 1. The summed E-state index contributed by atoms with van der Waals surface area (Å²) in [4.78, 5) is 35.3. The lowest BCUT2D eigenvalue weighted by atomic mass is 9.95. The third-order valence-corrected chi connectivity index (χ3v) is 7.36. The lowest BCUT2D eigenvalue weighted by Gasteiger charge is -2.25. The maximum Gasteiger partial charge on any atom is 0.338 e. The Kier molecular flexibility index (Phi) is 6.01. The number of thiazole rings is 1. The van der Waals surface area contributed by atoms with Gasteiger partial charge in [-0.25, -0.2) is 9.79 Å². The average Bonchev–Trinajstić information content (AvgIpc) is 3.37. The number of nitrogens with one attached hydrogen (secondary N) is 1. The summed E-state index contributed by atoms with van der Waals surface area (Å²) in [5, 5.41) is 1.03. The molecule has 0 saturated heterocycles. The lowest BCUT2D eigenvalue weighted by Crippen LogP contribution is -2.40. The molecule has 184 valence electrons. The third-order valence-electron chi connectivity index (χ3n) is 6.38. The molecule has 2 aromatic carbocycles. The maximum atomic E-state index is 13.9. The summed E-state index contributed by atoms with van der Waals surface area (Å²) < 4.78 is 18.1. The van der Waals surface area contributed by atoms with Gasteiger partial charge in [-0.3, -0.25) is 9.36 Å². The molecule has 36 heavy (non-hydrogen) atoms. The molecule has 0 amide bonds. The number of methoxy groups -OCH3 is 3. The molecule has 1 unspecified atom stereocenters. The first-order valence-corrected chi connectivity index (χ1v) is 12.1. The Labute approximate surface area is 210 Å². The second-order valence-electron chi connectivity index (χ2n) is 8.39. The number of benzene rings is 2. The number of aromatic amines is 1. The number of carbonyl (C=O) groups excluding carboxylic acids is 1. The topological polar surface area (TPSA) is 94.9 Å². The number of H-pyrrole nitrogens is 1. The highest BCUT2D eigenvalue weighted by molar-refractivity contribution is 7.07. The standard InChI is InChI=1S/C27H25N3O5S/c1-14-19(17-8-6-7-9-20(17)28-14)13-22-25(31)30-24(18-11-10-16(33-3)12-21(18)34-4)23(26(32)35-5)15(2)29-27(30)36-22/h6-13,24,28H,1-5H3/b22-13-. The van der Waals surface area contributed by atoms with Gasteiger partial charge in [-0.2, -0.15) is 0 Å². The Bertz CT molecular complexity index is 1720. The van der Waals surface area contributed by atoms with E-state index in [9.17, 15) is 9.59 Å². The van der Waals surface area contributed by atoms with Crippen molar-refractivity contribution in [2.75, 3.05) is 21.3 Å². The van der Waals surface area contributed by atoms with E-state index in [0.717, 1.165) is 22.2 Å². The summed E-state index contributed by atoms with van der Waals surface area (Å²) in [5.74, 6) is 0.525. The first-order valence-electron chi connectivity index (χ1n) is 11.3. The highest BCUT2D eigenvalue weighted by Crippen LogP contribution is 2.37. The third kappa shape index (κ3) is 3.72. The minimum Gasteiger partial charge on any atom is -0.497 e. The molecule has 1 aliphatic rings. The molecular weight excluding hydrogens is 478 g/mol. The summed E-state index contributed by atoms with van der Waals surface area (Å²) in [7, 11) is 4.42. The van der Waals surface area contributed by atoms with E-state index in [0.29, 0.717) is 32.1 Å². The summed E-state index contributed by atoms with van der Waals surface area (Å²) in [6, 6.07) is 12.5. The number of ether oxygens (including phenoxy) is 3. The SMILES string of the molecule is COC(=O)C1=C(C)N=c2s/c(=C\c3c(C)[nH]c4ccccc34)c(=O)n2C1c1ccc(OC)cc1OC. The van der Waals surface area contributed by atoms with Gasteiger partial charge < -0.3 is 19.2 Å². The van der Waals surface area contributed by atoms with Crippen molar-refractivity contribution in [1.29, 1.82) is 0 Å². The van der Waals surface area contributed by atoms with Crippen LogP contribution in [0.2, 0.25) is 0 Å². The van der Waals surface area contributed by atoms with Crippen molar-refractivity contribution in [1.82, 2.24) is 9.55 Å². The molecule has 2 aromatic heterocycles. The van der Waals surface area contributed by atoms with Gasteiger partial charge >= 0.3 is 5.97 Å². The normalized spacial score (nSPS) is 15.6. The Hall–Kier alpha value is -4.11. The molecule has 3 heterocycles. The smallest absolute Gasteiger partial charge is 0.338 e. The second kappa shape index (κ2) is 9.16. The number of aromatic nitrogens is 2. The molecular formula is C27H25N3O5S. The van der Waals surface area contributed by atoms with Crippen LogP contribution in [0.3, 0.4) is 0 Å². The number of rotatable bonds is 5. The first-order chi connectivity index (χ1) is 17.4. The zero-order chi connectivity index (χ0) is 25.6. The van der Waals surface area contributed by atoms with E-state index in [2.05, 4.69) is 9.98 Å². The van der Waals surface area contributed by atoms with Gasteiger partial charge in [0.05, 0.1) is 37.1 Å². The van der Waals surface area contributed by atoms with Crippen LogP contribution in [-0.4, -0.2) is 36.8 Å². The van der Waals surface area contributed by atoms with Gasteiger partial charge in [0.1, 0.15) is 17.5 Å². The summed E-state index contributed by atoms with van der Waals surface area (Å²) in [6.45, 7) is 3.73. The summed E-state index contributed by atoms with van der Waals surface area (Å²) in [5.41, 5.74) is 4.05. The summed E-state index contributed by atoms with van der Waals surface area (Å²) in [6.07, 6.45) is 1.89. The van der Waals surface area contributed by atoms with Gasteiger partial charge in [-0.05, 0) is 38.1 Å². The number of para-hydroxylation sites is 1. The molecule has 1 N–H and O–H groups in total. The lowest BCUT2D eigenvalue weighted by molar-refractivity contribution is -0.136. The zero-order valence-electron chi connectivity index (χ0n) is 20.5. The van der Waals surface area contributed by atoms with E-state index >= 15 is 0 Å². The number of esters is 1. The molecule has 1 atom stereocenters. The minimum absolute atomic E-state index is 0.250. The van der Waals surface area contributed by atoms with Crippen LogP contribution in [0.1, 0.15) is 29.8 Å². The Morgan fingerprint density at radius 1 is 1.11 bits per heavy atom. The molecule has 0 fully saturated rings. The zero-order valence-corrected chi connectivity index (χ0v) is 21.4. The number of fused-ring (bicyclic) bond motifs is 2. The number of hydrogen-bond acceptors (Lipinski definition) is 7. The molecule has 0 spiro atoms. The quantitative estimate of drug-likeness (QED) is 0.422. The van der Waals surface area contributed by atoms with Crippen molar-refractivity contribution >= 4 is 34.3 Å². The molecule has 0 saturated carbocycles. The van der Waals surface area contributed by atoms with Crippen molar-refractivity contribution < 1.29 is 19.0 Å². The van der Waals surface area contributed by atoms with Crippen LogP contribution in [0.4, 0.5) is 0 Å². The second-order valence-corrected chi connectivity index (χ2v) is 9.40. The van der Waals surface area contributed by atoms with Crippen LogP contribution < -0.4 is 24.4 Å². The van der Waals surface area contributed by atoms with Crippen LogP contribution in [0, 0.1) is 6.92 Å². The van der Waals surface area contributed by atoms with Crippen LogP contribution in [0.15, 0.2) is 63.5 Å². The van der Waals surface area contributed by atoms with Crippen molar-refractivity contribution in [3.63, 3.8) is 0 Å². The van der Waals surface area contributed by atoms with Crippen molar-refractivity contribution in [2.45, 2.75) is 19.9 Å². The van der Waals surface area contributed by atoms with Gasteiger partial charge in [0.2, 0.25) is 0 Å². The number of aryl methyl sites for hydroxylation is 1. The molecule has 4 aromatic rings. The Balaban J connectivity index is 1.80. The van der Waals surface area contributed by atoms with E-state index in [4.69, 9.17) is 14.2 Å². The van der Waals surface area contributed by atoms with E-state index in [1.807, 2.05) is 37.3 Å². The predicted molar refractivity (Wildman–Crippen MR) is 138 cm³/mol. The van der Waals surface area contributed by atoms with Gasteiger partial charge in [0, 0.05) is 33.8 Å². The van der Waals surface area contributed by atoms with Crippen LogP contribution >= 0.6 is 11.3 Å². The van der Waals surface area contributed by atoms with E-state index < -0.39 is 12.0 Å². The fraction of sp³-hybridized carbons (Fsp3) is 0.222.